The Balaban J connectivity index is 1.91. The second-order valence-electron chi connectivity index (χ2n) is 7.10. The Morgan fingerprint density at radius 2 is 1.63 bits per heavy atom. The van der Waals surface area contributed by atoms with Gasteiger partial charge in [-0.1, -0.05) is 66.6 Å². The minimum absolute atomic E-state index is 0.0239. The number of allylic oxidation sites excluding steroid dienone is 1. The smallest absolute Gasteiger partial charge is 0.356 e. The fourth-order valence-electron chi connectivity index (χ4n) is 3.33. The van der Waals surface area contributed by atoms with Crippen LogP contribution in [-0.2, 0) is 19.1 Å². The maximum absolute atomic E-state index is 13.2. The number of esters is 1. The highest BCUT2D eigenvalue weighted by Crippen LogP contribution is 2.31. The summed E-state index contributed by atoms with van der Waals surface area (Å²) in [6.45, 7) is 3.43. The molecular weight excluding hydrogens is 380 g/mol. The second-order valence-corrected chi connectivity index (χ2v) is 7.10. The fraction of sp³-hybridized carbons (Fsp3) is 0.250. The van der Waals surface area contributed by atoms with E-state index in [1.54, 1.807) is 13.8 Å². The van der Waals surface area contributed by atoms with E-state index in [-0.39, 0.29) is 12.3 Å². The van der Waals surface area contributed by atoms with Crippen LogP contribution in [0, 0.1) is 12.3 Å². The van der Waals surface area contributed by atoms with E-state index in [1.807, 2.05) is 60.7 Å². The van der Waals surface area contributed by atoms with Crippen molar-refractivity contribution in [2.75, 3.05) is 6.61 Å². The van der Waals surface area contributed by atoms with Gasteiger partial charge in [-0.15, -0.1) is 6.42 Å². The molecule has 6 nitrogen and oxygen atoms in total. The molecule has 2 aromatic carbocycles. The SMILES string of the molecule is C#CCOC1C(N)C(=O)N1C(C(=O)OC(c1ccccc1)c1ccccc1)=C(C)C. The topological polar surface area (TPSA) is 81.9 Å². The summed E-state index contributed by atoms with van der Waals surface area (Å²) >= 11 is 0. The van der Waals surface area contributed by atoms with Crippen LogP contribution >= 0.6 is 0 Å². The van der Waals surface area contributed by atoms with Crippen molar-refractivity contribution >= 4 is 11.9 Å². The molecule has 2 unspecified atom stereocenters. The largest absolute Gasteiger partial charge is 0.448 e. The monoisotopic (exact) mass is 404 g/mol. The Hall–Kier alpha value is -3.40. The lowest BCUT2D eigenvalue weighted by Gasteiger charge is -2.45. The number of amides is 1. The van der Waals surface area contributed by atoms with Crippen LogP contribution in [0.15, 0.2) is 71.9 Å². The zero-order valence-corrected chi connectivity index (χ0v) is 16.9. The van der Waals surface area contributed by atoms with E-state index in [9.17, 15) is 9.59 Å². The number of benzene rings is 2. The molecule has 2 aromatic rings. The average Bonchev–Trinajstić information content (AvgIpc) is 2.77. The number of carbonyl (C=O) groups is 2. The standard InChI is InChI=1S/C24H24N2O4/c1-4-15-29-23-19(25)22(27)26(23)20(16(2)3)24(28)30-21(17-11-7-5-8-12-17)18-13-9-6-10-14-18/h1,5-14,19,21,23H,15,25H2,2-3H3. The Bertz CT molecular complexity index is 936. The lowest BCUT2D eigenvalue weighted by Crippen LogP contribution is -2.69. The summed E-state index contributed by atoms with van der Waals surface area (Å²) in [7, 11) is 0. The molecule has 2 N–H and O–H groups in total. The summed E-state index contributed by atoms with van der Waals surface area (Å²) in [5.74, 6) is 1.29. The molecule has 0 saturated carbocycles. The third-order valence-electron chi connectivity index (χ3n) is 4.76. The number of likely N-dealkylation sites (tertiary alicyclic amines) is 1. The Kier molecular flexibility index (Phi) is 6.68. The summed E-state index contributed by atoms with van der Waals surface area (Å²) in [6.07, 6.45) is 3.81. The molecule has 0 aliphatic carbocycles. The maximum Gasteiger partial charge on any atom is 0.356 e. The van der Waals surface area contributed by atoms with Crippen molar-refractivity contribution in [2.24, 2.45) is 5.73 Å². The van der Waals surface area contributed by atoms with Gasteiger partial charge in [0, 0.05) is 0 Å². The van der Waals surface area contributed by atoms with Gasteiger partial charge < -0.3 is 15.2 Å². The second kappa shape index (κ2) is 9.40. The molecule has 1 aliphatic rings. The van der Waals surface area contributed by atoms with E-state index in [4.69, 9.17) is 21.6 Å². The maximum atomic E-state index is 13.2. The highest BCUT2D eigenvalue weighted by molar-refractivity contribution is 6.00. The van der Waals surface area contributed by atoms with Crippen LogP contribution in [0.5, 0.6) is 0 Å². The molecule has 1 aliphatic heterocycles. The predicted octanol–water partition coefficient (Wildman–Crippen LogP) is 2.76. The summed E-state index contributed by atoms with van der Waals surface area (Å²) in [6, 6.07) is 18.0. The van der Waals surface area contributed by atoms with Crippen LogP contribution in [0.2, 0.25) is 0 Å². The van der Waals surface area contributed by atoms with Crippen molar-refractivity contribution in [3.05, 3.63) is 83.1 Å². The predicted molar refractivity (Wildman–Crippen MR) is 113 cm³/mol. The normalized spacial score (nSPS) is 17.8. The quantitative estimate of drug-likeness (QED) is 0.332. The van der Waals surface area contributed by atoms with E-state index in [0.29, 0.717) is 5.57 Å². The lowest BCUT2D eigenvalue weighted by molar-refractivity contribution is -0.176. The van der Waals surface area contributed by atoms with E-state index in [0.717, 1.165) is 11.1 Å². The Labute approximate surface area is 176 Å². The number of nitrogens with two attached hydrogens (primary N) is 1. The molecular formula is C24H24N2O4. The first-order valence-electron chi connectivity index (χ1n) is 9.57. The van der Waals surface area contributed by atoms with E-state index in [1.165, 1.54) is 4.90 Å². The summed E-state index contributed by atoms with van der Waals surface area (Å²) in [5.41, 5.74) is 8.21. The van der Waals surface area contributed by atoms with Gasteiger partial charge in [0.1, 0.15) is 18.3 Å². The summed E-state index contributed by atoms with van der Waals surface area (Å²) < 4.78 is 11.4. The Morgan fingerprint density at radius 1 is 1.10 bits per heavy atom. The molecule has 1 amide bonds. The number of nitrogens with zero attached hydrogens (tertiary/aromatic N) is 1. The van der Waals surface area contributed by atoms with Gasteiger partial charge in [0.2, 0.25) is 0 Å². The summed E-state index contributed by atoms with van der Waals surface area (Å²) in [5, 5.41) is 0. The zero-order valence-electron chi connectivity index (χ0n) is 16.9. The van der Waals surface area contributed by atoms with Crippen LogP contribution in [0.4, 0.5) is 0 Å². The molecule has 1 fully saturated rings. The van der Waals surface area contributed by atoms with Crippen LogP contribution in [-0.4, -0.2) is 35.7 Å². The zero-order chi connectivity index (χ0) is 21.7. The molecule has 30 heavy (non-hydrogen) atoms. The van der Waals surface area contributed by atoms with Crippen molar-refractivity contribution in [2.45, 2.75) is 32.2 Å². The van der Waals surface area contributed by atoms with Gasteiger partial charge in [-0.3, -0.25) is 9.69 Å². The Morgan fingerprint density at radius 3 is 2.10 bits per heavy atom. The lowest BCUT2D eigenvalue weighted by atomic mass is 10.0. The molecule has 2 atom stereocenters. The van der Waals surface area contributed by atoms with Crippen LogP contribution in [0.1, 0.15) is 31.1 Å². The van der Waals surface area contributed by atoms with Gasteiger partial charge in [-0.2, -0.15) is 0 Å². The van der Waals surface area contributed by atoms with E-state index >= 15 is 0 Å². The molecule has 6 heteroatoms. The van der Waals surface area contributed by atoms with E-state index in [2.05, 4.69) is 5.92 Å². The molecule has 0 bridgehead atoms. The average molecular weight is 404 g/mol. The number of hydrogen-bond acceptors (Lipinski definition) is 5. The van der Waals surface area contributed by atoms with Gasteiger partial charge in [0.05, 0.1) is 0 Å². The first-order chi connectivity index (χ1) is 14.5. The number of rotatable bonds is 7. The van der Waals surface area contributed by atoms with Gasteiger partial charge in [0.15, 0.2) is 12.3 Å². The van der Waals surface area contributed by atoms with Gasteiger partial charge in [-0.05, 0) is 30.5 Å². The molecule has 3 rings (SSSR count). The minimum atomic E-state index is -0.875. The van der Waals surface area contributed by atoms with E-state index < -0.39 is 30.3 Å². The highest BCUT2D eigenvalue weighted by Gasteiger charge is 2.50. The van der Waals surface area contributed by atoms with Gasteiger partial charge in [0.25, 0.3) is 5.91 Å². The number of carbonyl (C=O) groups excluding carboxylic acids is 2. The first-order valence-corrected chi connectivity index (χ1v) is 9.57. The molecule has 154 valence electrons. The third kappa shape index (κ3) is 4.28. The van der Waals surface area contributed by atoms with Crippen molar-refractivity contribution in [1.29, 1.82) is 0 Å². The number of hydrogen-bond donors (Lipinski definition) is 1. The molecule has 0 aromatic heterocycles. The third-order valence-corrected chi connectivity index (χ3v) is 4.76. The molecule has 1 saturated heterocycles. The molecule has 1 heterocycles. The van der Waals surface area contributed by atoms with Gasteiger partial charge >= 0.3 is 5.97 Å². The van der Waals surface area contributed by atoms with Crippen LogP contribution < -0.4 is 5.73 Å². The fourth-order valence-corrected chi connectivity index (χ4v) is 3.33. The number of ether oxygens (including phenoxy) is 2. The van der Waals surface area contributed by atoms with Crippen molar-refractivity contribution in [3.8, 4) is 12.3 Å². The van der Waals surface area contributed by atoms with Crippen LogP contribution in [0.3, 0.4) is 0 Å². The highest BCUT2D eigenvalue weighted by atomic mass is 16.5. The van der Waals surface area contributed by atoms with Crippen LogP contribution in [0.25, 0.3) is 0 Å². The van der Waals surface area contributed by atoms with Gasteiger partial charge in [-0.25, -0.2) is 4.79 Å². The molecule has 0 spiro atoms. The van der Waals surface area contributed by atoms with Crippen molar-refractivity contribution in [3.63, 3.8) is 0 Å². The van der Waals surface area contributed by atoms with Crippen molar-refractivity contribution < 1.29 is 19.1 Å². The minimum Gasteiger partial charge on any atom is -0.448 e. The first kappa shape index (κ1) is 21.3. The molecule has 0 radical (unpaired) electrons. The van der Waals surface area contributed by atoms with Crippen molar-refractivity contribution in [1.82, 2.24) is 4.90 Å². The summed E-state index contributed by atoms with van der Waals surface area (Å²) in [4.78, 5) is 26.9. The number of terminal acetylenes is 1. The number of β-lactam (4-membered cyclic amide) rings is 1.